The van der Waals surface area contributed by atoms with Crippen LogP contribution in [0.2, 0.25) is 0 Å². The van der Waals surface area contributed by atoms with Crippen molar-refractivity contribution in [1.82, 2.24) is 4.90 Å². The van der Waals surface area contributed by atoms with E-state index in [-0.39, 0.29) is 12.4 Å². The van der Waals surface area contributed by atoms with Gasteiger partial charge >= 0.3 is 0 Å². The summed E-state index contributed by atoms with van der Waals surface area (Å²) in [7, 11) is -3.24. The molecule has 0 aliphatic carbocycles. The van der Waals surface area contributed by atoms with E-state index in [1.54, 1.807) is 24.3 Å². The van der Waals surface area contributed by atoms with Crippen molar-refractivity contribution in [2.24, 2.45) is 0 Å². The Morgan fingerprint density at radius 1 is 1.24 bits per heavy atom. The largest absolute Gasteiger partial charge is 0.396 e. The first kappa shape index (κ1) is 16.9. The van der Waals surface area contributed by atoms with Gasteiger partial charge in [-0.3, -0.25) is 4.90 Å². The maximum absolute atomic E-state index is 12.4. The van der Waals surface area contributed by atoms with Crippen LogP contribution in [0.4, 0.5) is 0 Å². The molecule has 1 unspecified atom stereocenters. The van der Waals surface area contributed by atoms with Crippen LogP contribution in [0.5, 0.6) is 0 Å². The summed E-state index contributed by atoms with van der Waals surface area (Å²) in [6.07, 6.45) is 4.07. The molecule has 1 N–H and O–H groups in total. The fourth-order valence-corrected chi connectivity index (χ4v) is 4.35. The van der Waals surface area contributed by atoms with Crippen molar-refractivity contribution in [3.05, 3.63) is 28.7 Å². The summed E-state index contributed by atoms with van der Waals surface area (Å²) in [5, 5.41) is 9.12. The monoisotopic (exact) mass is 375 g/mol. The van der Waals surface area contributed by atoms with Gasteiger partial charge in [0.1, 0.15) is 0 Å². The van der Waals surface area contributed by atoms with Crippen LogP contribution in [0, 0.1) is 0 Å². The van der Waals surface area contributed by atoms with E-state index in [0.29, 0.717) is 17.5 Å². The van der Waals surface area contributed by atoms with Crippen molar-refractivity contribution >= 4 is 25.8 Å². The first-order chi connectivity index (χ1) is 10.0. The molecule has 0 aromatic heterocycles. The van der Waals surface area contributed by atoms with Gasteiger partial charge in [0.2, 0.25) is 0 Å². The number of rotatable bonds is 6. The van der Waals surface area contributed by atoms with Crippen molar-refractivity contribution in [2.45, 2.75) is 36.6 Å². The molecule has 1 aliphatic rings. The molecule has 1 saturated heterocycles. The summed E-state index contributed by atoms with van der Waals surface area (Å²) < 4.78 is 25.6. The Labute approximate surface area is 135 Å². The molecule has 1 aliphatic heterocycles. The van der Waals surface area contributed by atoms with Crippen LogP contribution in [0.3, 0.4) is 0 Å². The summed E-state index contributed by atoms with van der Waals surface area (Å²) in [6.45, 7) is 1.64. The Balaban J connectivity index is 1.98. The van der Waals surface area contributed by atoms with E-state index in [9.17, 15) is 8.42 Å². The normalized spacial score (nSPS) is 20.6. The molecule has 118 valence electrons. The van der Waals surface area contributed by atoms with Crippen LogP contribution in [0.1, 0.15) is 25.7 Å². The highest BCUT2D eigenvalue weighted by molar-refractivity contribution is 9.10. The molecule has 1 heterocycles. The van der Waals surface area contributed by atoms with Crippen molar-refractivity contribution in [3.63, 3.8) is 0 Å². The van der Waals surface area contributed by atoms with Gasteiger partial charge in [0.15, 0.2) is 9.84 Å². The highest BCUT2D eigenvalue weighted by Crippen LogP contribution is 2.21. The third-order valence-corrected chi connectivity index (χ3v) is 6.27. The molecule has 21 heavy (non-hydrogen) atoms. The number of likely N-dealkylation sites (tertiary alicyclic amines) is 1. The quantitative estimate of drug-likeness (QED) is 0.829. The van der Waals surface area contributed by atoms with Crippen LogP contribution in [-0.4, -0.2) is 49.9 Å². The Kier molecular flexibility index (Phi) is 6.22. The lowest BCUT2D eigenvalue weighted by molar-refractivity contribution is 0.126. The summed E-state index contributed by atoms with van der Waals surface area (Å²) in [5.41, 5.74) is 0. The van der Waals surface area contributed by atoms with E-state index in [1.807, 2.05) is 0 Å². The van der Waals surface area contributed by atoms with E-state index >= 15 is 0 Å². The minimum absolute atomic E-state index is 0.135. The van der Waals surface area contributed by atoms with Crippen molar-refractivity contribution in [2.75, 3.05) is 25.4 Å². The second kappa shape index (κ2) is 7.72. The van der Waals surface area contributed by atoms with Gasteiger partial charge in [-0.1, -0.05) is 22.4 Å². The SMILES string of the molecule is O=S(=O)(CCN1CCCCC1CCO)c1ccc(Br)cc1. The number of piperidine rings is 1. The first-order valence-corrected chi connectivity index (χ1v) is 9.81. The molecule has 0 amide bonds. The second-order valence-corrected chi connectivity index (χ2v) is 8.50. The van der Waals surface area contributed by atoms with Gasteiger partial charge in [-0.25, -0.2) is 8.42 Å². The summed E-state index contributed by atoms with van der Waals surface area (Å²) in [4.78, 5) is 2.59. The van der Waals surface area contributed by atoms with E-state index in [2.05, 4.69) is 20.8 Å². The number of hydrogen-bond donors (Lipinski definition) is 1. The van der Waals surface area contributed by atoms with Crippen molar-refractivity contribution in [1.29, 1.82) is 0 Å². The van der Waals surface area contributed by atoms with Gasteiger partial charge in [0.05, 0.1) is 10.6 Å². The molecular formula is C15H22BrNO3S. The van der Waals surface area contributed by atoms with Gasteiger partial charge < -0.3 is 5.11 Å². The smallest absolute Gasteiger partial charge is 0.179 e. The standard InChI is InChI=1S/C15H22BrNO3S/c16-13-4-6-15(7-5-13)21(19,20)12-10-17-9-2-1-3-14(17)8-11-18/h4-7,14,18H,1-3,8-12H2. The fourth-order valence-electron chi connectivity index (χ4n) is 2.83. The van der Waals surface area contributed by atoms with Gasteiger partial charge in [0.25, 0.3) is 0 Å². The van der Waals surface area contributed by atoms with Crippen LogP contribution < -0.4 is 0 Å². The van der Waals surface area contributed by atoms with E-state index in [1.165, 1.54) is 6.42 Å². The summed E-state index contributed by atoms with van der Waals surface area (Å²) in [6, 6.07) is 7.11. The van der Waals surface area contributed by atoms with Crippen LogP contribution in [0.15, 0.2) is 33.6 Å². The molecule has 1 aromatic carbocycles. The molecule has 4 nitrogen and oxygen atoms in total. The zero-order chi connectivity index (χ0) is 15.3. The minimum Gasteiger partial charge on any atom is -0.396 e. The Bertz CT molecular complexity index is 543. The number of aliphatic hydroxyl groups excluding tert-OH is 1. The van der Waals surface area contributed by atoms with E-state index < -0.39 is 9.84 Å². The molecule has 1 fully saturated rings. The average Bonchev–Trinajstić information content (AvgIpc) is 2.47. The maximum Gasteiger partial charge on any atom is 0.179 e. The molecule has 0 radical (unpaired) electrons. The van der Waals surface area contributed by atoms with Gasteiger partial charge in [-0.15, -0.1) is 0 Å². The van der Waals surface area contributed by atoms with E-state index in [4.69, 9.17) is 5.11 Å². The highest BCUT2D eigenvalue weighted by atomic mass is 79.9. The lowest BCUT2D eigenvalue weighted by atomic mass is 10.00. The van der Waals surface area contributed by atoms with Crippen LogP contribution in [0.25, 0.3) is 0 Å². The molecule has 1 atom stereocenters. The lowest BCUT2D eigenvalue weighted by Gasteiger charge is -2.35. The molecule has 2 rings (SSSR count). The lowest BCUT2D eigenvalue weighted by Crippen LogP contribution is -2.42. The number of sulfone groups is 1. The predicted molar refractivity (Wildman–Crippen MR) is 87.1 cm³/mol. The van der Waals surface area contributed by atoms with Gasteiger partial charge in [-0.2, -0.15) is 0 Å². The minimum atomic E-state index is -3.24. The number of aliphatic hydroxyl groups is 1. The third kappa shape index (κ3) is 4.77. The predicted octanol–water partition coefficient (Wildman–Crippen LogP) is 2.46. The Morgan fingerprint density at radius 2 is 1.95 bits per heavy atom. The Hall–Kier alpha value is -0.430. The molecule has 0 saturated carbocycles. The number of halogens is 1. The Morgan fingerprint density at radius 3 is 2.62 bits per heavy atom. The maximum atomic E-state index is 12.4. The van der Waals surface area contributed by atoms with E-state index in [0.717, 1.165) is 30.3 Å². The number of hydrogen-bond acceptors (Lipinski definition) is 4. The second-order valence-electron chi connectivity index (χ2n) is 5.47. The number of nitrogens with zero attached hydrogens (tertiary/aromatic N) is 1. The fraction of sp³-hybridized carbons (Fsp3) is 0.600. The van der Waals surface area contributed by atoms with Crippen LogP contribution in [-0.2, 0) is 9.84 Å². The zero-order valence-electron chi connectivity index (χ0n) is 12.0. The summed E-state index contributed by atoms with van der Waals surface area (Å²) >= 11 is 3.31. The van der Waals surface area contributed by atoms with Crippen LogP contribution >= 0.6 is 15.9 Å². The van der Waals surface area contributed by atoms with Crippen molar-refractivity contribution in [3.8, 4) is 0 Å². The topological polar surface area (TPSA) is 57.6 Å². The van der Waals surface area contributed by atoms with Gasteiger partial charge in [0, 0.05) is 23.7 Å². The summed E-state index contributed by atoms with van der Waals surface area (Å²) in [5.74, 6) is 0.135. The number of benzene rings is 1. The molecule has 0 bridgehead atoms. The molecule has 0 spiro atoms. The zero-order valence-corrected chi connectivity index (χ0v) is 14.4. The average molecular weight is 376 g/mol. The van der Waals surface area contributed by atoms with Gasteiger partial charge in [-0.05, 0) is 50.1 Å². The highest BCUT2D eigenvalue weighted by Gasteiger charge is 2.24. The van der Waals surface area contributed by atoms with Crippen molar-refractivity contribution < 1.29 is 13.5 Å². The molecular weight excluding hydrogens is 354 g/mol. The first-order valence-electron chi connectivity index (χ1n) is 7.36. The third-order valence-electron chi connectivity index (χ3n) is 4.03. The molecule has 6 heteroatoms. The molecule has 1 aromatic rings.